The molecule has 0 aliphatic heterocycles. The van der Waals surface area contributed by atoms with Crippen molar-refractivity contribution in [2.75, 3.05) is 0 Å². The van der Waals surface area contributed by atoms with Gasteiger partial charge in [-0.15, -0.1) is 0 Å². The van der Waals surface area contributed by atoms with Crippen LogP contribution >= 0.6 is 0 Å². The first-order chi connectivity index (χ1) is 8.26. The summed E-state index contributed by atoms with van der Waals surface area (Å²) in [6, 6.07) is 4.74. The van der Waals surface area contributed by atoms with Gasteiger partial charge in [0.25, 0.3) is 0 Å². The van der Waals surface area contributed by atoms with Gasteiger partial charge in [-0.1, -0.05) is 13.0 Å². The Morgan fingerprint density at radius 3 is 2.88 bits per heavy atom. The molecule has 0 radical (unpaired) electrons. The third-order valence-corrected chi connectivity index (χ3v) is 2.65. The van der Waals surface area contributed by atoms with E-state index in [1.807, 2.05) is 0 Å². The molecule has 1 aromatic carbocycles. The number of imidazole rings is 1. The lowest BCUT2D eigenvalue weighted by atomic mass is 10.2. The molecule has 4 heteroatoms. The second-order valence-corrected chi connectivity index (χ2v) is 3.91. The molecule has 1 heterocycles. The molecule has 1 aromatic heterocycles. The van der Waals surface area contributed by atoms with E-state index in [0.29, 0.717) is 11.3 Å². The van der Waals surface area contributed by atoms with Gasteiger partial charge in [-0.05, 0) is 24.1 Å². The van der Waals surface area contributed by atoms with Gasteiger partial charge in [-0.2, -0.15) is 0 Å². The van der Waals surface area contributed by atoms with Crippen LogP contribution in [0.2, 0.25) is 0 Å². The van der Waals surface area contributed by atoms with Gasteiger partial charge in [-0.3, -0.25) is 0 Å². The van der Waals surface area contributed by atoms with Crippen LogP contribution in [0.5, 0.6) is 0 Å². The standard InChI is InChI=1S/C13H15FN2O/c1-2-3-13-15-6-7-16(13)12-5-4-10(9-17)8-11(12)14/h4-8,17H,2-3,9H2,1H3. The molecule has 17 heavy (non-hydrogen) atoms. The monoisotopic (exact) mass is 234 g/mol. The molecule has 0 fully saturated rings. The fourth-order valence-corrected chi connectivity index (χ4v) is 1.81. The van der Waals surface area contributed by atoms with Crippen molar-refractivity contribution in [2.24, 2.45) is 0 Å². The summed E-state index contributed by atoms with van der Waals surface area (Å²) in [7, 11) is 0. The predicted octanol–water partition coefficient (Wildman–Crippen LogP) is 2.46. The molecule has 0 atom stereocenters. The zero-order valence-corrected chi connectivity index (χ0v) is 9.73. The van der Waals surface area contributed by atoms with Crippen molar-refractivity contribution >= 4 is 0 Å². The largest absolute Gasteiger partial charge is 0.392 e. The quantitative estimate of drug-likeness (QED) is 0.882. The number of nitrogens with zero attached hydrogens (tertiary/aromatic N) is 2. The highest BCUT2D eigenvalue weighted by atomic mass is 19.1. The molecule has 1 N–H and O–H groups in total. The van der Waals surface area contributed by atoms with Crippen LogP contribution in [0.3, 0.4) is 0 Å². The highest BCUT2D eigenvalue weighted by Gasteiger charge is 2.09. The van der Waals surface area contributed by atoms with E-state index in [-0.39, 0.29) is 12.4 Å². The summed E-state index contributed by atoms with van der Waals surface area (Å²) in [5.74, 6) is 0.509. The zero-order chi connectivity index (χ0) is 12.3. The van der Waals surface area contributed by atoms with Gasteiger partial charge in [-0.25, -0.2) is 9.37 Å². The molecule has 3 nitrogen and oxygen atoms in total. The number of aliphatic hydroxyl groups is 1. The van der Waals surface area contributed by atoms with E-state index in [2.05, 4.69) is 11.9 Å². The van der Waals surface area contributed by atoms with Crippen LogP contribution in [-0.4, -0.2) is 14.7 Å². The minimum Gasteiger partial charge on any atom is -0.392 e. The van der Waals surface area contributed by atoms with E-state index in [1.54, 1.807) is 29.1 Å². The van der Waals surface area contributed by atoms with E-state index in [4.69, 9.17) is 5.11 Å². The number of aliphatic hydroxyl groups excluding tert-OH is 1. The van der Waals surface area contributed by atoms with E-state index >= 15 is 0 Å². The molecule has 0 spiro atoms. The summed E-state index contributed by atoms with van der Waals surface area (Å²) in [5, 5.41) is 8.94. The maximum Gasteiger partial charge on any atom is 0.147 e. The van der Waals surface area contributed by atoms with Crippen LogP contribution in [0.1, 0.15) is 24.7 Å². The lowest BCUT2D eigenvalue weighted by molar-refractivity contribution is 0.281. The molecule has 2 aromatic rings. The highest BCUT2D eigenvalue weighted by Crippen LogP contribution is 2.17. The topological polar surface area (TPSA) is 38.0 Å². The number of rotatable bonds is 4. The van der Waals surface area contributed by atoms with Crippen molar-refractivity contribution in [1.29, 1.82) is 0 Å². The summed E-state index contributed by atoms with van der Waals surface area (Å²) in [6.45, 7) is 1.91. The van der Waals surface area contributed by atoms with Crippen LogP contribution < -0.4 is 0 Å². The Morgan fingerprint density at radius 2 is 2.24 bits per heavy atom. The minimum atomic E-state index is -0.341. The summed E-state index contributed by atoms with van der Waals surface area (Å²) in [6.07, 6.45) is 5.20. The summed E-state index contributed by atoms with van der Waals surface area (Å²) in [4.78, 5) is 4.21. The molecular weight excluding hydrogens is 219 g/mol. The van der Waals surface area contributed by atoms with Gasteiger partial charge in [0.1, 0.15) is 11.6 Å². The molecular formula is C13H15FN2O. The second kappa shape index (κ2) is 5.10. The Morgan fingerprint density at radius 1 is 1.41 bits per heavy atom. The summed E-state index contributed by atoms with van der Waals surface area (Å²) < 4.78 is 15.6. The van der Waals surface area contributed by atoms with Crippen molar-refractivity contribution < 1.29 is 9.50 Å². The first-order valence-electron chi connectivity index (χ1n) is 5.68. The molecule has 0 bridgehead atoms. The van der Waals surface area contributed by atoms with Crippen molar-refractivity contribution in [3.8, 4) is 5.69 Å². The average molecular weight is 234 g/mol. The molecule has 0 saturated heterocycles. The van der Waals surface area contributed by atoms with Crippen LogP contribution in [0.15, 0.2) is 30.6 Å². The van der Waals surface area contributed by atoms with Crippen LogP contribution in [-0.2, 0) is 13.0 Å². The van der Waals surface area contributed by atoms with Crippen molar-refractivity contribution in [3.05, 3.63) is 47.8 Å². The first kappa shape index (κ1) is 11.8. The Kier molecular flexibility index (Phi) is 3.54. The van der Waals surface area contributed by atoms with Gasteiger partial charge in [0.15, 0.2) is 0 Å². The zero-order valence-electron chi connectivity index (χ0n) is 9.73. The number of hydrogen-bond acceptors (Lipinski definition) is 2. The Balaban J connectivity index is 2.42. The van der Waals surface area contributed by atoms with Crippen LogP contribution in [0.4, 0.5) is 4.39 Å². The Labute approximate surface area is 99.5 Å². The maximum absolute atomic E-state index is 13.9. The molecule has 0 unspecified atom stereocenters. The Hall–Kier alpha value is -1.68. The molecule has 2 rings (SSSR count). The van der Waals surface area contributed by atoms with Gasteiger partial charge >= 0.3 is 0 Å². The molecule has 0 saturated carbocycles. The lowest BCUT2D eigenvalue weighted by Crippen LogP contribution is -2.03. The van der Waals surface area contributed by atoms with Gasteiger partial charge in [0.2, 0.25) is 0 Å². The Bertz CT molecular complexity index is 508. The van der Waals surface area contributed by atoms with E-state index < -0.39 is 0 Å². The lowest BCUT2D eigenvalue weighted by Gasteiger charge is -2.09. The first-order valence-corrected chi connectivity index (χ1v) is 5.68. The SMILES string of the molecule is CCCc1nccn1-c1ccc(CO)cc1F. The number of halogens is 1. The third-order valence-electron chi connectivity index (χ3n) is 2.65. The van der Waals surface area contributed by atoms with Crippen molar-refractivity contribution in [2.45, 2.75) is 26.4 Å². The smallest absolute Gasteiger partial charge is 0.147 e. The predicted molar refractivity (Wildman–Crippen MR) is 63.4 cm³/mol. The number of aryl methyl sites for hydroxylation is 1. The maximum atomic E-state index is 13.9. The van der Waals surface area contributed by atoms with Crippen LogP contribution in [0, 0.1) is 5.82 Å². The van der Waals surface area contributed by atoms with E-state index in [1.165, 1.54) is 6.07 Å². The number of benzene rings is 1. The van der Waals surface area contributed by atoms with E-state index in [9.17, 15) is 4.39 Å². The fraction of sp³-hybridized carbons (Fsp3) is 0.308. The normalized spacial score (nSPS) is 10.8. The van der Waals surface area contributed by atoms with Crippen LogP contribution in [0.25, 0.3) is 5.69 Å². The van der Waals surface area contributed by atoms with E-state index in [0.717, 1.165) is 18.7 Å². The number of hydrogen-bond donors (Lipinski definition) is 1. The number of aromatic nitrogens is 2. The second-order valence-electron chi connectivity index (χ2n) is 3.91. The van der Waals surface area contributed by atoms with Crippen molar-refractivity contribution in [3.63, 3.8) is 0 Å². The minimum absolute atomic E-state index is 0.150. The fourth-order valence-electron chi connectivity index (χ4n) is 1.81. The average Bonchev–Trinajstić information content (AvgIpc) is 2.77. The molecule has 0 aliphatic carbocycles. The molecule has 0 aliphatic rings. The molecule has 90 valence electrons. The van der Waals surface area contributed by atoms with Crippen molar-refractivity contribution in [1.82, 2.24) is 9.55 Å². The van der Waals surface area contributed by atoms with Gasteiger partial charge in [0, 0.05) is 18.8 Å². The third kappa shape index (κ3) is 2.36. The summed E-state index contributed by atoms with van der Waals surface area (Å²) >= 11 is 0. The van der Waals surface area contributed by atoms with Gasteiger partial charge < -0.3 is 9.67 Å². The van der Waals surface area contributed by atoms with Gasteiger partial charge in [0.05, 0.1) is 12.3 Å². The molecule has 0 amide bonds. The highest BCUT2D eigenvalue weighted by molar-refractivity contribution is 5.37. The summed E-state index contributed by atoms with van der Waals surface area (Å²) in [5.41, 5.74) is 1.05.